The van der Waals surface area contributed by atoms with Gasteiger partial charge in [-0.25, -0.2) is 14.6 Å². The summed E-state index contributed by atoms with van der Waals surface area (Å²) in [5.74, 6) is -0.947. The maximum absolute atomic E-state index is 11.8. The largest absolute Gasteiger partial charge is 0.478 e. The molecule has 0 spiro atoms. The number of carbonyl (C=O) groups excluding carboxylic acids is 2. The van der Waals surface area contributed by atoms with Crippen molar-refractivity contribution in [3.63, 3.8) is 0 Å². The van der Waals surface area contributed by atoms with Gasteiger partial charge in [-0.15, -0.1) is 0 Å². The van der Waals surface area contributed by atoms with E-state index in [1.54, 1.807) is 18.3 Å². The molecule has 2 aromatic rings. The smallest absolute Gasteiger partial charge is 0.335 e. The van der Waals surface area contributed by atoms with Crippen molar-refractivity contribution in [3.05, 3.63) is 36.0 Å². The molecule has 3 rings (SSSR count). The van der Waals surface area contributed by atoms with Crippen LogP contribution in [-0.2, 0) is 4.79 Å². The van der Waals surface area contributed by atoms with Gasteiger partial charge < -0.3 is 5.11 Å². The normalized spacial score (nSPS) is 15.1. The highest BCUT2D eigenvalue weighted by Crippen LogP contribution is 2.22. The summed E-state index contributed by atoms with van der Waals surface area (Å²) in [6, 6.07) is 5.80. The van der Waals surface area contributed by atoms with Crippen molar-refractivity contribution >= 4 is 34.5 Å². The number of carboxylic acids is 1. The Balaban J connectivity index is 2.01. The van der Waals surface area contributed by atoms with E-state index in [9.17, 15) is 14.4 Å². The standard InChI is InChI=1S/C14H11N3O4/c18-12-3-4-17(14(21)16-12)11-6-10-5-8(13(19)20)1-2-9(10)7-15-11/h1-2,5-7H,3-4H2,(H,19,20)(H,16,18,21). The molecule has 2 N–H and O–H groups in total. The number of benzene rings is 1. The highest BCUT2D eigenvalue weighted by atomic mass is 16.4. The highest BCUT2D eigenvalue weighted by Gasteiger charge is 2.25. The lowest BCUT2D eigenvalue weighted by Gasteiger charge is -2.25. The van der Waals surface area contributed by atoms with Gasteiger partial charge in [0.15, 0.2) is 0 Å². The SMILES string of the molecule is O=C1CCN(c2cc3cc(C(=O)O)ccc3cn2)C(=O)N1. The molecule has 2 heterocycles. The van der Waals surface area contributed by atoms with Crippen molar-refractivity contribution in [2.45, 2.75) is 6.42 Å². The second-order valence-corrected chi connectivity index (χ2v) is 4.66. The van der Waals surface area contributed by atoms with Crippen molar-refractivity contribution in [1.82, 2.24) is 10.3 Å². The van der Waals surface area contributed by atoms with Gasteiger partial charge >= 0.3 is 12.0 Å². The van der Waals surface area contributed by atoms with Crippen molar-refractivity contribution in [2.75, 3.05) is 11.4 Å². The zero-order valence-corrected chi connectivity index (χ0v) is 10.9. The highest BCUT2D eigenvalue weighted by molar-refractivity contribution is 6.06. The predicted molar refractivity (Wildman–Crippen MR) is 74.2 cm³/mol. The summed E-state index contributed by atoms with van der Waals surface area (Å²) in [5.41, 5.74) is 0.165. The second kappa shape index (κ2) is 4.86. The molecule has 7 heteroatoms. The molecule has 3 amide bonds. The molecule has 0 unspecified atom stereocenters. The summed E-state index contributed by atoms with van der Waals surface area (Å²) in [4.78, 5) is 39.4. The number of amides is 3. The van der Waals surface area contributed by atoms with Gasteiger partial charge in [-0.2, -0.15) is 0 Å². The molecule has 0 atom stereocenters. The van der Waals surface area contributed by atoms with Gasteiger partial charge in [-0.3, -0.25) is 15.0 Å². The van der Waals surface area contributed by atoms with Crippen molar-refractivity contribution in [2.24, 2.45) is 0 Å². The number of imide groups is 1. The number of carbonyl (C=O) groups is 3. The topological polar surface area (TPSA) is 99.6 Å². The molecule has 0 radical (unpaired) electrons. The summed E-state index contributed by atoms with van der Waals surface area (Å²) >= 11 is 0. The van der Waals surface area contributed by atoms with E-state index in [4.69, 9.17) is 5.11 Å². The molecular formula is C14H11N3O4. The molecule has 0 bridgehead atoms. The van der Waals surface area contributed by atoms with Crippen LogP contribution in [0.2, 0.25) is 0 Å². The Labute approximate surface area is 119 Å². The first-order valence-corrected chi connectivity index (χ1v) is 6.29. The number of aromatic nitrogens is 1. The van der Waals surface area contributed by atoms with Crippen LogP contribution in [-0.4, -0.2) is 34.5 Å². The number of urea groups is 1. The second-order valence-electron chi connectivity index (χ2n) is 4.66. The van der Waals surface area contributed by atoms with Gasteiger partial charge in [-0.05, 0) is 23.6 Å². The van der Waals surface area contributed by atoms with Crippen LogP contribution >= 0.6 is 0 Å². The average Bonchev–Trinajstić information content (AvgIpc) is 2.46. The van der Waals surface area contributed by atoms with Gasteiger partial charge in [-0.1, -0.05) is 6.07 Å². The van der Waals surface area contributed by atoms with Crippen LogP contribution in [0.5, 0.6) is 0 Å². The molecule has 0 aliphatic carbocycles. The maximum Gasteiger partial charge on any atom is 0.335 e. The number of pyridine rings is 1. The Bertz CT molecular complexity index is 772. The molecule has 1 saturated heterocycles. The fourth-order valence-corrected chi connectivity index (χ4v) is 2.19. The summed E-state index contributed by atoms with van der Waals surface area (Å²) in [5, 5.41) is 12.7. The van der Waals surface area contributed by atoms with Crippen LogP contribution in [0, 0.1) is 0 Å². The minimum absolute atomic E-state index is 0.165. The number of hydrogen-bond acceptors (Lipinski definition) is 4. The number of rotatable bonds is 2. The predicted octanol–water partition coefficient (Wildman–Crippen LogP) is 1.38. The number of aromatic carboxylic acids is 1. The first-order chi connectivity index (χ1) is 10.0. The molecule has 21 heavy (non-hydrogen) atoms. The molecular weight excluding hydrogens is 274 g/mol. The molecule has 1 aliphatic heterocycles. The van der Waals surface area contributed by atoms with Crippen LogP contribution in [0.4, 0.5) is 10.6 Å². The third kappa shape index (κ3) is 2.40. The van der Waals surface area contributed by atoms with E-state index in [-0.39, 0.29) is 24.4 Å². The van der Waals surface area contributed by atoms with E-state index in [0.29, 0.717) is 11.2 Å². The van der Waals surface area contributed by atoms with Crippen LogP contribution in [0.1, 0.15) is 16.8 Å². The number of anilines is 1. The number of carboxylic acid groups (broad SMARTS) is 1. The van der Waals surface area contributed by atoms with E-state index in [1.807, 2.05) is 0 Å². The maximum atomic E-state index is 11.8. The van der Waals surface area contributed by atoms with E-state index in [2.05, 4.69) is 10.3 Å². The van der Waals surface area contributed by atoms with Crippen LogP contribution in [0.15, 0.2) is 30.5 Å². The fourth-order valence-electron chi connectivity index (χ4n) is 2.19. The Kier molecular flexibility index (Phi) is 3.02. The molecule has 1 aliphatic rings. The van der Waals surface area contributed by atoms with Gasteiger partial charge in [0.1, 0.15) is 5.82 Å². The van der Waals surface area contributed by atoms with Gasteiger partial charge in [0.2, 0.25) is 5.91 Å². The Morgan fingerprint density at radius 3 is 2.76 bits per heavy atom. The molecule has 1 aromatic heterocycles. The van der Waals surface area contributed by atoms with Crippen LogP contribution in [0.25, 0.3) is 10.8 Å². The monoisotopic (exact) mass is 285 g/mol. The molecule has 1 aromatic carbocycles. The first-order valence-electron chi connectivity index (χ1n) is 6.29. The van der Waals surface area contributed by atoms with E-state index in [0.717, 1.165) is 5.39 Å². The molecule has 1 fully saturated rings. The minimum atomic E-state index is -1.02. The third-order valence-electron chi connectivity index (χ3n) is 3.28. The third-order valence-corrected chi connectivity index (χ3v) is 3.28. The fraction of sp³-hybridized carbons (Fsp3) is 0.143. The average molecular weight is 285 g/mol. The number of fused-ring (bicyclic) bond motifs is 1. The van der Waals surface area contributed by atoms with Gasteiger partial charge in [0.05, 0.1) is 5.56 Å². The summed E-state index contributed by atoms with van der Waals surface area (Å²) < 4.78 is 0. The van der Waals surface area contributed by atoms with Crippen LogP contribution in [0.3, 0.4) is 0 Å². The van der Waals surface area contributed by atoms with E-state index in [1.165, 1.54) is 17.0 Å². The van der Waals surface area contributed by atoms with E-state index < -0.39 is 12.0 Å². The van der Waals surface area contributed by atoms with Gasteiger partial charge in [0, 0.05) is 24.5 Å². The van der Waals surface area contributed by atoms with Crippen molar-refractivity contribution in [3.8, 4) is 0 Å². The number of hydrogen-bond donors (Lipinski definition) is 2. The Morgan fingerprint density at radius 2 is 2.05 bits per heavy atom. The lowest BCUT2D eigenvalue weighted by molar-refractivity contribution is -0.120. The number of nitrogens with zero attached hydrogens (tertiary/aromatic N) is 2. The molecule has 106 valence electrons. The Morgan fingerprint density at radius 1 is 1.24 bits per heavy atom. The quantitative estimate of drug-likeness (QED) is 0.868. The first kappa shape index (κ1) is 13.0. The molecule has 0 saturated carbocycles. The van der Waals surface area contributed by atoms with Crippen LogP contribution < -0.4 is 10.2 Å². The van der Waals surface area contributed by atoms with Crippen molar-refractivity contribution < 1.29 is 19.5 Å². The van der Waals surface area contributed by atoms with Gasteiger partial charge in [0.25, 0.3) is 0 Å². The summed E-state index contributed by atoms with van der Waals surface area (Å²) in [6.45, 7) is 0.252. The number of nitrogens with one attached hydrogen (secondary N) is 1. The lowest BCUT2D eigenvalue weighted by atomic mass is 10.1. The van der Waals surface area contributed by atoms with Crippen molar-refractivity contribution in [1.29, 1.82) is 0 Å². The minimum Gasteiger partial charge on any atom is -0.478 e. The summed E-state index contributed by atoms with van der Waals surface area (Å²) in [6.07, 6.45) is 1.78. The zero-order valence-electron chi connectivity index (χ0n) is 10.9. The molecule has 7 nitrogen and oxygen atoms in total. The Hall–Kier alpha value is -2.96. The lowest BCUT2D eigenvalue weighted by Crippen LogP contribution is -2.49. The summed E-state index contributed by atoms with van der Waals surface area (Å²) in [7, 11) is 0. The van der Waals surface area contributed by atoms with E-state index >= 15 is 0 Å². The zero-order chi connectivity index (χ0) is 15.0.